The Balaban J connectivity index is 0.00000182. The molecule has 1 amide bonds. The quantitative estimate of drug-likeness (QED) is 0.799. The van der Waals surface area contributed by atoms with Crippen molar-refractivity contribution in [2.75, 3.05) is 18.5 Å². The molecule has 2 heterocycles. The van der Waals surface area contributed by atoms with E-state index in [-0.39, 0.29) is 42.9 Å². The number of morpholine rings is 1. The van der Waals surface area contributed by atoms with Gasteiger partial charge in [-0.25, -0.2) is 4.98 Å². The standard InChI is InChI=1S/C19H23N3O3.2ClH/c1-12-4-6-16(10-13(12)2)25-17-7-5-15(11-21-17)22-19(23)18-14(3)24-9-8-20-18;;/h4-7,10-11,14,18,20H,8-9H2,1-3H3,(H,22,23);2*1H/t14-,18+;;/m1../s1. The van der Waals surface area contributed by atoms with Crippen LogP contribution in [0, 0.1) is 13.8 Å². The molecule has 3 rings (SSSR count). The van der Waals surface area contributed by atoms with Crippen LogP contribution in [0.4, 0.5) is 5.69 Å². The van der Waals surface area contributed by atoms with E-state index in [0.717, 1.165) is 11.3 Å². The van der Waals surface area contributed by atoms with Crippen molar-refractivity contribution < 1.29 is 14.3 Å². The minimum Gasteiger partial charge on any atom is -0.439 e. The largest absolute Gasteiger partial charge is 0.439 e. The molecule has 0 unspecified atom stereocenters. The second-order valence-electron chi connectivity index (χ2n) is 6.23. The molecule has 2 aromatic rings. The molecule has 2 atom stereocenters. The number of aryl methyl sites for hydroxylation is 2. The third kappa shape index (κ3) is 6.07. The Kier molecular flexibility index (Phi) is 8.99. The summed E-state index contributed by atoms with van der Waals surface area (Å²) in [5, 5.41) is 6.01. The van der Waals surface area contributed by atoms with E-state index in [4.69, 9.17) is 9.47 Å². The average molecular weight is 414 g/mol. The smallest absolute Gasteiger partial charge is 0.244 e. The van der Waals surface area contributed by atoms with Crippen LogP contribution in [0.15, 0.2) is 36.5 Å². The van der Waals surface area contributed by atoms with Crippen LogP contribution in [0.1, 0.15) is 18.1 Å². The molecule has 27 heavy (non-hydrogen) atoms. The first-order valence-corrected chi connectivity index (χ1v) is 8.40. The summed E-state index contributed by atoms with van der Waals surface area (Å²) >= 11 is 0. The van der Waals surface area contributed by atoms with Gasteiger partial charge in [-0.2, -0.15) is 0 Å². The van der Waals surface area contributed by atoms with Crippen molar-refractivity contribution >= 4 is 36.4 Å². The number of nitrogens with zero attached hydrogens (tertiary/aromatic N) is 1. The van der Waals surface area contributed by atoms with Crippen LogP contribution in [0.25, 0.3) is 0 Å². The first kappa shape index (κ1) is 23.2. The molecule has 6 nitrogen and oxygen atoms in total. The number of ether oxygens (including phenoxy) is 2. The van der Waals surface area contributed by atoms with E-state index < -0.39 is 0 Å². The van der Waals surface area contributed by atoms with Gasteiger partial charge in [0.25, 0.3) is 0 Å². The summed E-state index contributed by atoms with van der Waals surface area (Å²) in [7, 11) is 0. The number of carbonyl (C=O) groups is 1. The highest BCUT2D eigenvalue weighted by Crippen LogP contribution is 2.23. The van der Waals surface area contributed by atoms with Gasteiger partial charge in [0.2, 0.25) is 11.8 Å². The van der Waals surface area contributed by atoms with Gasteiger partial charge in [-0.1, -0.05) is 6.07 Å². The molecule has 0 spiro atoms. The summed E-state index contributed by atoms with van der Waals surface area (Å²) in [6, 6.07) is 9.05. The summed E-state index contributed by atoms with van der Waals surface area (Å²) in [6.07, 6.45) is 1.43. The molecule has 1 fully saturated rings. The number of aromatic nitrogens is 1. The number of carbonyl (C=O) groups excluding carboxylic acids is 1. The highest BCUT2D eigenvalue weighted by atomic mass is 35.5. The van der Waals surface area contributed by atoms with Crippen LogP contribution >= 0.6 is 24.8 Å². The third-order valence-corrected chi connectivity index (χ3v) is 4.30. The number of pyridine rings is 1. The van der Waals surface area contributed by atoms with Crippen molar-refractivity contribution in [2.24, 2.45) is 0 Å². The monoisotopic (exact) mass is 413 g/mol. The number of rotatable bonds is 4. The summed E-state index contributed by atoms with van der Waals surface area (Å²) in [5.41, 5.74) is 3.00. The lowest BCUT2D eigenvalue weighted by Crippen LogP contribution is -2.53. The molecule has 0 aliphatic carbocycles. The Morgan fingerprint density at radius 2 is 2.00 bits per heavy atom. The lowest BCUT2D eigenvalue weighted by Gasteiger charge is -2.29. The lowest BCUT2D eigenvalue weighted by molar-refractivity contribution is -0.123. The van der Waals surface area contributed by atoms with Gasteiger partial charge in [0.05, 0.1) is 24.6 Å². The molecular weight excluding hydrogens is 389 g/mol. The topological polar surface area (TPSA) is 72.5 Å². The number of hydrogen-bond donors (Lipinski definition) is 2. The minimum atomic E-state index is -0.361. The second kappa shape index (κ2) is 10.5. The van der Waals surface area contributed by atoms with E-state index in [1.54, 1.807) is 18.3 Å². The molecular formula is C19H25Cl2N3O3. The van der Waals surface area contributed by atoms with Gasteiger partial charge in [0, 0.05) is 12.6 Å². The Hall–Kier alpha value is -1.86. The Morgan fingerprint density at radius 1 is 1.22 bits per heavy atom. The molecule has 2 N–H and O–H groups in total. The van der Waals surface area contributed by atoms with Crippen LogP contribution in [0.3, 0.4) is 0 Å². The van der Waals surface area contributed by atoms with Gasteiger partial charge in [-0.3, -0.25) is 4.79 Å². The van der Waals surface area contributed by atoms with Crippen molar-refractivity contribution in [3.05, 3.63) is 47.7 Å². The van der Waals surface area contributed by atoms with Crippen molar-refractivity contribution in [3.63, 3.8) is 0 Å². The Bertz CT molecular complexity index is 756. The molecule has 1 aromatic carbocycles. The van der Waals surface area contributed by atoms with Crippen molar-refractivity contribution in [1.29, 1.82) is 0 Å². The Morgan fingerprint density at radius 3 is 2.63 bits per heavy atom. The second-order valence-corrected chi connectivity index (χ2v) is 6.23. The zero-order chi connectivity index (χ0) is 17.8. The SMILES string of the molecule is Cc1ccc(Oc2ccc(NC(=O)[C@H]3NCCO[C@@H]3C)cn2)cc1C.Cl.Cl. The summed E-state index contributed by atoms with van der Waals surface area (Å²) in [5.74, 6) is 1.09. The Labute approximate surface area is 171 Å². The average Bonchev–Trinajstić information content (AvgIpc) is 2.60. The summed E-state index contributed by atoms with van der Waals surface area (Å²) < 4.78 is 11.2. The lowest BCUT2D eigenvalue weighted by atomic mass is 10.1. The van der Waals surface area contributed by atoms with Crippen LogP contribution in [0.2, 0.25) is 0 Å². The zero-order valence-electron chi connectivity index (χ0n) is 15.5. The van der Waals surface area contributed by atoms with Gasteiger partial charge in [0.1, 0.15) is 11.8 Å². The molecule has 0 radical (unpaired) electrons. The first-order chi connectivity index (χ1) is 12.0. The van der Waals surface area contributed by atoms with E-state index in [9.17, 15) is 4.79 Å². The van der Waals surface area contributed by atoms with Crippen LogP contribution < -0.4 is 15.4 Å². The molecule has 0 saturated carbocycles. The predicted molar refractivity (Wildman–Crippen MR) is 111 cm³/mol. The molecule has 1 aromatic heterocycles. The number of anilines is 1. The molecule has 8 heteroatoms. The maximum Gasteiger partial charge on any atom is 0.244 e. The fourth-order valence-electron chi connectivity index (χ4n) is 2.66. The van der Waals surface area contributed by atoms with Gasteiger partial charge in [-0.15, -0.1) is 24.8 Å². The molecule has 1 aliphatic rings. The first-order valence-electron chi connectivity index (χ1n) is 8.40. The molecule has 1 saturated heterocycles. The van der Waals surface area contributed by atoms with Gasteiger partial charge < -0.3 is 20.1 Å². The van der Waals surface area contributed by atoms with Crippen LogP contribution in [0.5, 0.6) is 11.6 Å². The van der Waals surface area contributed by atoms with Crippen molar-refractivity contribution in [1.82, 2.24) is 10.3 Å². The van der Waals surface area contributed by atoms with E-state index in [1.807, 2.05) is 32.0 Å². The van der Waals surface area contributed by atoms with Gasteiger partial charge in [-0.05, 0) is 50.1 Å². The molecule has 1 aliphatic heterocycles. The van der Waals surface area contributed by atoms with Crippen LogP contribution in [-0.4, -0.2) is 36.2 Å². The van der Waals surface area contributed by atoms with Crippen molar-refractivity contribution in [3.8, 4) is 11.6 Å². The maximum absolute atomic E-state index is 12.3. The van der Waals surface area contributed by atoms with Gasteiger partial charge in [0.15, 0.2) is 0 Å². The maximum atomic E-state index is 12.3. The highest BCUT2D eigenvalue weighted by molar-refractivity contribution is 5.95. The number of hydrogen-bond acceptors (Lipinski definition) is 5. The van der Waals surface area contributed by atoms with E-state index in [1.165, 1.54) is 5.56 Å². The zero-order valence-corrected chi connectivity index (χ0v) is 17.2. The summed E-state index contributed by atoms with van der Waals surface area (Å²) in [6.45, 7) is 7.27. The number of nitrogens with one attached hydrogen (secondary N) is 2. The molecule has 0 bridgehead atoms. The number of amides is 1. The van der Waals surface area contributed by atoms with E-state index in [2.05, 4.69) is 22.5 Å². The molecule has 148 valence electrons. The summed E-state index contributed by atoms with van der Waals surface area (Å²) in [4.78, 5) is 16.6. The normalized spacial score (nSPS) is 18.6. The number of halogens is 2. The van der Waals surface area contributed by atoms with Crippen LogP contribution in [-0.2, 0) is 9.53 Å². The predicted octanol–water partition coefficient (Wildman–Crippen LogP) is 3.65. The van der Waals surface area contributed by atoms with E-state index in [0.29, 0.717) is 24.7 Å². The van der Waals surface area contributed by atoms with Gasteiger partial charge >= 0.3 is 0 Å². The fraction of sp³-hybridized carbons (Fsp3) is 0.368. The third-order valence-electron chi connectivity index (χ3n) is 4.30. The number of benzene rings is 1. The van der Waals surface area contributed by atoms with Crippen molar-refractivity contribution in [2.45, 2.75) is 32.9 Å². The fourth-order valence-corrected chi connectivity index (χ4v) is 2.66. The van der Waals surface area contributed by atoms with E-state index >= 15 is 0 Å². The highest BCUT2D eigenvalue weighted by Gasteiger charge is 2.28. The minimum absolute atomic E-state index is 0.